The van der Waals surface area contributed by atoms with Gasteiger partial charge >= 0.3 is 0 Å². The Morgan fingerprint density at radius 3 is 2.56 bits per heavy atom. The lowest BCUT2D eigenvalue weighted by atomic mass is 9.93. The number of hydrogen-bond acceptors (Lipinski definition) is 3. The van der Waals surface area contributed by atoms with Gasteiger partial charge in [-0.05, 0) is 38.0 Å². The molecule has 2 aromatic rings. The second-order valence-corrected chi connectivity index (χ2v) is 7.62. The Labute approximate surface area is 170 Å². The predicted molar refractivity (Wildman–Crippen MR) is 109 cm³/mol. The fourth-order valence-corrected chi connectivity index (χ4v) is 4.09. The minimum absolute atomic E-state index is 0.0366. The summed E-state index contributed by atoms with van der Waals surface area (Å²) >= 11 is 12.3. The first-order valence-electron chi connectivity index (χ1n) is 9.42. The summed E-state index contributed by atoms with van der Waals surface area (Å²) in [6, 6.07) is 7.39. The van der Waals surface area contributed by atoms with Gasteiger partial charge in [0.05, 0.1) is 15.6 Å². The van der Waals surface area contributed by atoms with Crippen LogP contribution >= 0.6 is 23.2 Å². The normalized spacial score (nSPS) is 14.8. The Hall–Kier alpha value is -1.78. The van der Waals surface area contributed by atoms with Crippen LogP contribution in [0.3, 0.4) is 0 Å². The van der Waals surface area contributed by atoms with E-state index in [4.69, 9.17) is 27.9 Å². The topological polar surface area (TPSA) is 42.4 Å². The van der Waals surface area contributed by atoms with Crippen molar-refractivity contribution in [3.63, 3.8) is 0 Å². The van der Waals surface area contributed by atoms with Gasteiger partial charge in [0.1, 0.15) is 6.61 Å². The van der Waals surface area contributed by atoms with E-state index in [0.29, 0.717) is 33.9 Å². The van der Waals surface area contributed by atoms with Gasteiger partial charge < -0.3 is 9.64 Å². The summed E-state index contributed by atoms with van der Waals surface area (Å²) in [6.07, 6.45) is 9.14. The van der Waals surface area contributed by atoms with E-state index in [1.807, 2.05) is 17.9 Å². The van der Waals surface area contributed by atoms with Crippen LogP contribution in [0, 0.1) is 0 Å². The lowest BCUT2D eigenvalue weighted by Crippen LogP contribution is -2.41. The lowest BCUT2D eigenvalue weighted by Gasteiger charge is -2.33. The molecule has 0 aliphatic heterocycles. The summed E-state index contributed by atoms with van der Waals surface area (Å²) in [5.74, 6) is 0.476. The minimum Gasteiger partial charge on any atom is -0.486 e. The zero-order valence-corrected chi connectivity index (χ0v) is 17.0. The van der Waals surface area contributed by atoms with Crippen molar-refractivity contribution in [2.75, 3.05) is 6.54 Å². The average molecular weight is 407 g/mol. The highest BCUT2D eigenvalue weighted by molar-refractivity contribution is 6.37. The summed E-state index contributed by atoms with van der Waals surface area (Å²) in [7, 11) is 0. The number of para-hydroxylation sites is 1. The number of aromatic nitrogens is 1. The first-order chi connectivity index (χ1) is 13.1. The Morgan fingerprint density at radius 2 is 1.89 bits per heavy atom. The van der Waals surface area contributed by atoms with Crippen LogP contribution in [0.1, 0.15) is 54.9 Å². The Morgan fingerprint density at radius 1 is 1.19 bits per heavy atom. The van der Waals surface area contributed by atoms with Crippen LogP contribution in [-0.2, 0) is 6.61 Å². The Bertz CT molecular complexity index is 771. The smallest absolute Gasteiger partial charge is 0.255 e. The standard InChI is InChI=1S/C21H24Cl2N2O2/c1-2-25(17-7-4-3-5-8-17)21(26)16-11-15(12-24-13-16)14-27-20-18(22)9-6-10-19(20)23/h6,9-13,17H,2-5,7-8,14H2,1H3. The number of pyridine rings is 1. The van der Waals surface area contributed by atoms with Gasteiger partial charge in [0, 0.05) is 30.5 Å². The summed E-state index contributed by atoms with van der Waals surface area (Å²) in [5, 5.41) is 0.911. The van der Waals surface area contributed by atoms with Crippen molar-refractivity contribution in [2.45, 2.75) is 51.7 Å². The third kappa shape index (κ3) is 4.94. The third-order valence-electron chi connectivity index (χ3n) is 4.96. The molecule has 1 heterocycles. The summed E-state index contributed by atoms with van der Waals surface area (Å²) in [6.45, 7) is 2.99. The van der Waals surface area contributed by atoms with Crippen LogP contribution in [0.4, 0.5) is 0 Å². The Kier molecular flexibility index (Phi) is 6.97. The molecule has 0 unspecified atom stereocenters. The number of carbonyl (C=O) groups excluding carboxylic acids is 1. The molecule has 1 amide bonds. The zero-order valence-electron chi connectivity index (χ0n) is 15.5. The van der Waals surface area contributed by atoms with Gasteiger partial charge in [-0.2, -0.15) is 0 Å². The van der Waals surface area contributed by atoms with Gasteiger partial charge in [-0.15, -0.1) is 0 Å². The second kappa shape index (κ2) is 9.43. The summed E-state index contributed by atoms with van der Waals surface area (Å²) < 4.78 is 5.76. The molecular formula is C21H24Cl2N2O2. The SMILES string of the molecule is CCN(C(=O)c1cncc(COc2c(Cl)cccc2Cl)c1)C1CCCCC1. The Balaban J connectivity index is 1.71. The van der Waals surface area contributed by atoms with Crippen LogP contribution in [0.2, 0.25) is 10.0 Å². The third-order valence-corrected chi connectivity index (χ3v) is 5.56. The summed E-state index contributed by atoms with van der Waals surface area (Å²) in [5.41, 5.74) is 1.39. The molecule has 0 atom stereocenters. The van der Waals surface area contributed by atoms with E-state index >= 15 is 0 Å². The van der Waals surface area contributed by atoms with Crippen molar-refractivity contribution in [3.05, 3.63) is 57.8 Å². The van der Waals surface area contributed by atoms with Crippen molar-refractivity contribution in [2.24, 2.45) is 0 Å². The molecule has 1 saturated carbocycles. The zero-order chi connectivity index (χ0) is 19.2. The van der Waals surface area contributed by atoms with Gasteiger partial charge in [0.25, 0.3) is 5.91 Å². The van der Waals surface area contributed by atoms with Crippen molar-refractivity contribution < 1.29 is 9.53 Å². The number of hydrogen-bond donors (Lipinski definition) is 0. The molecule has 0 radical (unpaired) electrons. The van der Waals surface area contributed by atoms with E-state index in [2.05, 4.69) is 4.98 Å². The quantitative estimate of drug-likeness (QED) is 0.611. The highest BCUT2D eigenvalue weighted by Crippen LogP contribution is 2.33. The monoisotopic (exact) mass is 406 g/mol. The molecule has 4 nitrogen and oxygen atoms in total. The highest BCUT2D eigenvalue weighted by atomic mass is 35.5. The number of carbonyl (C=O) groups is 1. The maximum absolute atomic E-state index is 13.0. The van der Waals surface area contributed by atoms with Gasteiger partial charge in [-0.1, -0.05) is 48.5 Å². The molecule has 0 bridgehead atoms. The number of rotatable bonds is 6. The predicted octanol–water partition coefficient (Wildman–Crippen LogP) is 5.76. The largest absolute Gasteiger partial charge is 0.486 e. The first kappa shape index (κ1) is 20.0. The number of nitrogens with zero attached hydrogens (tertiary/aromatic N) is 2. The number of amides is 1. The van der Waals surface area contributed by atoms with Crippen molar-refractivity contribution in [1.29, 1.82) is 0 Å². The maximum Gasteiger partial charge on any atom is 0.255 e. The first-order valence-corrected chi connectivity index (χ1v) is 10.2. The lowest BCUT2D eigenvalue weighted by molar-refractivity contribution is 0.0647. The van der Waals surface area contributed by atoms with E-state index in [1.54, 1.807) is 30.6 Å². The fraction of sp³-hybridized carbons (Fsp3) is 0.429. The molecule has 0 N–H and O–H groups in total. The van der Waals surface area contributed by atoms with Crippen molar-refractivity contribution in [1.82, 2.24) is 9.88 Å². The van der Waals surface area contributed by atoms with Gasteiger partial charge in [0.2, 0.25) is 0 Å². The number of halogens is 2. The molecule has 3 rings (SSSR count). The minimum atomic E-state index is 0.0366. The van der Waals surface area contributed by atoms with Crippen LogP contribution in [0.5, 0.6) is 5.75 Å². The molecule has 0 spiro atoms. The van der Waals surface area contributed by atoms with E-state index in [1.165, 1.54) is 19.3 Å². The van der Waals surface area contributed by atoms with E-state index in [-0.39, 0.29) is 12.5 Å². The molecule has 1 aliphatic rings. The van der Waals surface area contributed by atoms with Gasteiger partial charge in [-0.3, -0.25) is 9.78 Å². The highest BCUT2D eigenvalue weighted by Gasteiger charge is 2.25. The van der Waals surface area contributed by atoms with E-state index in [9.17, 15) is 4.79 Å². The molecule has 1 aromatic heterocycles. The maximum atomic E-state index is 13.0. The average Bonchev–Trinajstić information content (AvgIpc) is 2.69. The summed E-state index contributed by atoms with van der Waals surface area (Å²) in [4.78, 5) is 19.2. The fourth-order valence-electron chi connectivity index (χ4n) is 3.59. The van der Waals surface area contributed by atoms with E-state index in [0.717, 1.165) is 18.4 Å². The van der Waals surface area contributed by atoms with Crippen molar-refractivity contribution >= 4 is 29.1 Å². The van der Waals surface area contributed by atoms with Crippen LogP contribution in [0.25, 0.3) is 0 Å². The number of benzene rings is 1. The molecule has 144 valence electrons. The molecule has 6 heteroatoms. The molecule has 1 aliphatic carbocycles. The van der Waals surface area contributed by atoms with Crippen LogP contribution in [-0.4, -0.2) is 28.4 Å². The van der Waals surface area contributed by atoms with Gasteiger partial charge in [-0.25, -0.2) is 0 Å². The number of ether oxygens (including phenoxy) is 1. The van der Waals surface area contributed by atoms with E-state index < -0.39 is 0 Å². The molecule has 1 fully saturated rings. The van der Waals surface area contributed by atoms with Crippen LogP contribution in [0.15, 0.2) is 36.7 Å². The molecule has 1 aromatic carbocycles. The van der Waals surface area contributed by atoms with Crippen LogP contribution < -0.4 is 4.74 Å². The molecule has 0 saturated heterocycles. The van der Waals surface area contributed by atoms with Gasteiger partial charge in [0.15, 0.2) is 5.75 Å². The molecular weight excluding hydrogens is 383 g/mol. The second-order valence-electron chi connectivity index (χ2n) is 6.80. The van der Waals surface area contributed by atoms with Crippen molar-refractivity contribution in [3.8, 4) is 5.75 Å². The molecule has 27 heavy (non-hydrogen) atoms.